The Balaban J connectivity index is 1.30. The van der Waals surface area contributed by atoms with Gasteiger partial charge in [-0.3, -0.25) is 9.69 Å². The van der Waals surface area contributed by atoms with Crippen LogP contribution in [0.4, 0.5) is 0 Å². The Hall–Kier alpha value is -3.76. The van der Waals surface area contributed by atoms with Crippen molar-refractivity contribution in [3.63, 3.8) is 0 Å². The van der Waals surface area contributed by atoms with Crippen LogP contribution in [0.5, 0.6) is 11.5 Å². The molecule has 1 N–H and O–H groups in total. The van der Waals surface area contributed by atoms with E-state index in [2.05, 4.69) is 45.3 Å². The minimum atomic E-state index is -0.0922. The molecule has 1 saturated heterocycles. The van der Waals surface area contributed by atoms with Crippen molar-refractivity contribution in [2.24, 2.45) is 0 Å². The number of nitrogens with zero attached hydrogens (tertiary/aromatic N) is 5. The number of aromatic nitrogens is 5. The molecule has 0 amide bonds. The zero-order chi connectivity index (χ0) is 25.4. The number of aryl methyl sites for hydroxylation is 2. The number of rotatable bonds is 8. The highest BCUT2D eigenvalue weighted by atomic mass is 16.7. The fourth-order valence-corrected chi connectivity index (χ4v) is 5.01. The number of tetrazole rings is 1. The molecule has 192 valence electrons. The fourth-order valence-electron chi connectivity index (χ4n) is 5.01. The number of ether oxygens (including phenoxy) is 3. The summed E-state index contributed by atoms with van der Waals surface area (Å²) in [4.78, 5) is 18.3. The Kier molecular flexibility index (Phi) is 6.35. The summed E-state index contributed by atoms with van der Waals surface area (Å²) in [6.45, 7) is 7.24. The van der Waals surface area contributed by atoms with Crippen LogP contribution in [0.2, 0.25) is 0 Å². The van der Waals surface area contributed by atoms with E-state index in [0.717, 1.165) is 58.8 Å². The molecule has 0 unspecified atom stereocenters. The minimum Gasteiger partial charge on any atom is -0.454 e. The molecule has 2 aliphatic heterocycles. The molecule has 4 aromatic rings. The lowest BCUT2D eigenvalue weighted by Crippen LogP contribution is -2.29. The van der Waals surface area contributed by atoms with E-state index in [0.29, 0.717) is 31.7 Å². The Morgan fingerprint density at radius 1 is 1.05 bits per heavy atom. The van der Waals surface area contributed by atoms with E-state index in [-0.39, 0.29) is 18.5 Å². The predicted octanol–water partition coefficient (Wildman–Crippen LogP) is 3.24. The zero-order valence-corrected chi connectivity index (χ0v) is 21.1. The summed E-state index contributed by atoms with van der Waals surface area (Å²) in [6.07, 6.45) is 2.19. The van der Waals surface area contributed by atoms with E-state index < -0.39 is 0 Å². The summed E-state index contributed by atoms with van der Waals surface area (Å²) in [5.74, 6) is 2.21. The largest absolute Gasteiger partial charge is 0.454 e. The van der Waals surface area contributed by atoms with Gasteiger partial charge in [-0.05, 0) is 89.5 Å². The predicted molar refractivity (Wildman–Crippen MR) is 136 cm³/mol. The first-order chi connectivity index (χ1) is 18.0. The third-order valence-corrected chi connectivity index (χ3v) is 7.14. The van der Waals surface area contributed by atoms with Crippen molar-refractivity contribution >= 4 is 10.9 Å². The maximum atomic E-state index is 13.1. The van der Waals surface area contributed by atoms with Gasteiger partial charge in [0.1, 0.15) is 0 Å². The van der Waals surface area contributed by atoms with Gasteiger partial charge in [0.15, 0.2) is 17.3 Å². The monoisotopic (exact) mass is 502 g/mol. The Morgan fingerprint density at radius 2 is 1.92 bits per heavy atom. The molecule has 2 aromatic heterocycles. The highest BCUT2D eigenvalue weighted by molar-refractivity contribution is 5.80. The summed E-state index contributed by atoms with van der Waals surface area (Å²) in [5, 5.41) is 13.5. The van der Waals surface area contributed by atoms with Crippen LogP contribution in [0.1, 0.15) is 40.9 Å². The fraction of sp³-hybridized carbons (Fsp3) is 0.407. The van der Waals surface area contributed by atoms with E-state index in [1.165, 1.54) is 5.56 Å². The minimum absolute atomic E-state index is 0.0922. The van der Waals surface area contributed by atoms with E-state index in [1.807, 2.05) is 35.0 Å². The van der Waals surface area contributed by atoms with E-state index >= 15 is 0 Å². The van der Waals surface area contributed by atoms with Crippen LogP contribution >= 0.6 is 0 Å². The molecule has 4 heterocycles. The highest BCUT2D eigenvalue weighted by Gasteiger charge is 2.22. The number of hydrogen-bond acceptors (Lipinski definition) is 8. The van der Waals surface area contributed by atoms with Crippen molar-refractivity contribution in [3.05, 3.63) is 74.8 Å². The number of benzene rings is 2. The highest BCUT2D eigenvalue weighted by Crippen LogP contribution is 2.33. The maximum Gasteiger partial charge on any atom is 0.252 e. The summed E-state index contributed by atoms with van der Waals surface area (Å²) >= 11 is 0. The average molecular weight is 503 g/mol. The first-order valence-corrected chi connectivity index (χ1v) is 12.6. The first kappa shape index (κ1) is 23.6. The number of aromatic amines is 1. The van der Waals surface area contributed by atoms with Crippen LogP contribution in [-0.2, 0) is 30.9 Å². The molecule has 0 radical (unpaired) electrons. The molecule has 2 aromatic carbocycles. The maximum absolute atomic E-state index is 13.1. The van der Waals surface area contributed by atoms with Crippen molar-refractivity contribution in [2.45, 2.75) is 59.0 Å². The van der Waals surface area contributed by atoms with Crippen molar-refractivity contribution < 1.29 is 14.2 Å². The first-order valence-electron chi connectivity index (χ1n) is 12.6. The molecule has 6 rings (SSSR count). The van der Waals surface area contributed by atoms with Gasteiger partial charge >= 0.3 is 0 Å². The molecule has 37 heavy (non-hydrogen) atoms. The standard InChI is InChI=1S/C27H30N6O4/c1-17-8-20-11-21(27(34)28-23(20)9-18(17)2)13-32(12-19-5-6-24-25(10-19)37-16-36-24)15-26-29-30-31-33(26)14-22-4-3-7-35-22/h5-6,8-11,22H,3-4,7,12-16H2,1-2H3,(H,28,34)/t22-/m0/s1. The lowest BCUT2D eigenvalue weighted by molar-refractivity contribution is 0.0914. The topological polar surface area (TPSA) is 107 Å². The van der Waals surface area contributed by atoms with Crippen molar-refractivity contribution in [3.8, 4) is 11.5 Å². The van der Waals surface area contributed by atoms with Gasteiger partial charge in [-0.1, -0.05) is 6.07 Å². The summed E-state index contributed by atoms with van der Waals surface area (Å²) < 4.78 is 18.7. The average Bonchev–Trinajstić information content (AvgIpc) is 3.64. The summed E-state index contributed by atoms with van der Waals surface area (Å²) in [6, 6.07) is 12.1. The third-order valence-electron chi connectivity index (χ3n) is 7.14. The molecular formula is C27H30N6O4. The van der Waals surface area contributed by atoms with Gasteiger partial charge < -0.3 is 19.2 Å². The van der Waals surface area contributed by atoms with Crippen LogP contribution in [0.3, 0.4) is 0 Å². The van der Waals surface area contributed by atoms with Gasteiger partial charge in [-0.15, -0.1) is 5.10 Å². The lowest BCUT2D eigenvalue weighted by Gasteiger charge is -2.22. The molecule has 0 bridgehead atoms. The van der Waals surface area contributed by atoms with Gasteiger partial charge in [0.05, 0.1) is 19.2 Å². The van der Waals surface area contributed by atoms with E-state index in [1.54, 1.807) is 0 Å². The lowest BCUT2D eigenvalue weighted by atomic mass is 10.0. The quantitative estimate of drug-likeness (QED) is 0.391. The second kappa shape index (κ2) is 9.95. The van der Waals surface area contributed by atoms with Crippen LogP contribution in [0.15, 0.2) is 41.2 Å². The smallest absolute Gasteiger partial charge is 0.252 e. The van der Waals surface area contributed by atoms with Gasteiger partial charge in [-0.25, -0.2) is 4.68 Å². The van der Waals surface area contributed by atoms with E-state index in [4.69, 9.17) is 14.2 Å². The van der Waals surface area contributed by atoms with Crippen molar-refractivity contribution in [1.82, 2.24) is 30.1 Å². The van der Waals surface area contributed by atoms with Crippen LogP contribution in [0, 0.1) is 13.8 Å². The molecule has 1 fully saturated rings. The van der Waals surface area contributed by atoms with Crippen molar-refractivity contribution in [1.29, 1.82) is 0 Å². The van der Waals surface area contributed by atoms with Crippen molar-refractivity contribution in [2.75, 3.05) is 13.4 Å². The Morgan fingerprint density at radius 3 is 2.78 bits per heavy atom. The SMILES string of the molecule is Cc1cc2cc(CN(Cc3ccc4c(c3)OCO4)Cc3nnnn3C[C@@H]3CCCO3)c(=O)[nH]c2cc1C. The number of fused-ring (bicyclic) bond motifs is 2. The molecule has 0 saturated carbocycles. The van der Waals surface area contributed by atoms with Gasteiger partial charge in [0.2, 0.25) is 6.79 Å². The number of H-pyrrole nitrogens is 1. The Bertz CT molecular complexity index is 1490. The molecule has 0 spiro atoms. The summed E-state index contributed by atoms with van der Waals surface area (Å²) in [7, 11) is 0. The van der Waals surface area contributed by atoms with Gasteiger partial charge in [0.25, 0.3) is 5.56 Å². The second-order valence-corrected chi connectivity index (χ2v) is 9.89. The Labute approximate surface area is 214 Å². The summed E-state index contributed by atoms with van der Waals surface area (Å²) in [5.41, 5.74) is 4.83. The number of hydrogen-bond donors (Lipinski definition) is 1. The van der Waals surface area contributed by atoms with Gasteiger partial charge in [0, 0.05) is 30.8 Å². The number of nitrogens with one attached hydrogen (secondary N) is 1. The van der Waals surface area contributed by atoms with Gasteiger partial charge in [-0.2, -0.15) is 0 Å². The second-order valence-electron chi connectivity index (χ2n) is 9.89. The number of pyridine rings is 1. The van der Waals surface area contributed by atoms with Crippen LogP contribution in [0.25, 0.3) is 10.9 Å². The molecule has 1 atom stereocenters. The molecule has 2 aliphatic rings. The molecule has 10 nitrogen and oxygen atoms in total. The molecule has 0 aliphatic carbocycles. The molecule has 10 heteroatoms. The van der Waals surface area contributed by atoms with E-state index in [9.17, 15) is 4.79 Å². The van der Waals surface area contributed by atoms with Crippen LogP contribution < -0.4 is 15.0 Å². The molecular weight excluding hydrogens is 472 g/mol. The zero-order valence-electron chi connectivity index (χ0n) is 21.1. The van der Waals surface area contributed by atoms with Crippen LogP contribution in [-0.4, -0.2) is 49.6 Å². The third kappa shape index (κ3) is 5.07. The normalized spacial score (nSPS) is 16.8.